The molecular formula is C20H26N4O4. The Hall–Kier alpha value is -2.74. The van der Waals surface area contributed by atoms with E-state index < -0.39 is 0 Å². The number of benzene rings is 1. The number of rotatable bonds is 6. The molecule has 0 unspecified atom stereocenters. The zero-order valence-corrected chi connectivity index (χ0v) is 16.2. The van der Waals surface area contributed by atoms with E-state index in [0.717, 1.165) is 10.5 Å². The second-order valence-electron chi connectivity index (χ2n) is 7.29. The van der Waals surface area contributed by atoms with Gasteiger partial charge in [0.2, 0.25) is 23.6 Å². The number of imide groups is 1. The first-order valence-corrected chi connectivity index (χ1v) is 9.55. The van der Waals surface area contributed by atoms with Crippen LogP contribution in [0.5, 0.6) is 0 Å². The third-order valence-corrected chi connectivity index (χ3v) is 5.13. The number of nitrogens with zero attached hydrogens (tertiary/aromatic N) is 4. The number of carbonyl (C=O) groups is 4. The van der Waals surface area contributed by atoms with Gasteiger partial charge in [-0.15, -0.1) is 0 Å². The van der Waals surface area contributed by atoms with Gasteiger partial charge in [-0.1, -0.05) is 30.3 Å². The standard InChI is InChI=1S/C20H26N4O4/c1-21(13-16-5-3-2-4-6-16)14-19(27)22-9-11-23(12-10-22)20(28)15-24-17(25)7-8-18(24)26/h2-6H,7-15H2,1H3. The highest BCUT2D eigenvalue weighted by atomic mass is 16.2. The Morgan fingerprint density at radius 1 is 0.893 bits per heavy atom. The molecule has 0 radical (unpaired) electrons. The fourth-order valence-corrected chi connectivity index (χ4v) is 3.52. The van der Waals surface area contributed by atoms with Gasteiger partial charge in [-0.05, 0) is 12.6 Å². The molecule has 2 aliphatic heterocycles. The minimum atomic E-state index is -0.284. The number of likely N-dealkylation sites (N-methyl/N-ethyl adjacent to an activating group) is 1. The summed E-state index contributed by atoms with van der Waals surface area (Å²) in [7, 11) is 1.91. The summed E-state index contributed by atoms with van der Waals surface area (Å²) in [6.07, 6.45) is 0.371. The summed E-state index contributed by atoms with van der Waals surface area (Å²) >= 11 is 0. The number of hydrogen-bond acceptors (Lipinski definition) is 5. The molecule has 0 aliphatic carbocycles. The van der Waals surface area contributed by atoms with Crippen molar-refractivity contribution in [2.45, 2.75) is 19.4 Å². The van der Waals surface area contributed by atoms with Gasteiger partial charge in [-0.25, -0.2) is 0 Å². The summed E-state index contributed by atoms with van der Waals surface area (Å²) in [5.41, 5.74) is 1.15. The molecule has 3 rings (SSSR count). The molecule has 4 amide bonds. The molecule has 8 heteroatoms. The van der Waals surface area contributed by atoms with Crippen LogP contribution in [0.1, 0.15) is 18.4 Å². The van der Waals surface area contributed by atoms with Crippen molar-refractivity contribution in [3.05, 3.63) is 35.9 Å². The van der Waals surface area contributed by atoms with Crippen LogP contribution in [0, 0.1) is 0 Å². The number of likely N-dealkylation sites (tertiary alicyclic amines) is 1. The predicted octanol–water partition coefficient (Wildman–Crippen LogP) is -0.0618. The second-order valence-corrected chi connectivity index (χ2v) is 7.29. The Morgan fingerprint density at radius 3 is 2.00 bits per heavy atom. The average molecular weight is 386 g/mol. The van der Waals surface area contributed by atoms with Gasteiger partial charge in [0.15, 0.2) is 0 Å². The Morgan fingerprint density at radius 2 is 1.43 bits per heavy atom. The van der Waals surface area contributed by atoms with Crippen molar-refractivity contribution in [3.8, 4) is 0 Å². The zero-order chi connectivity index (χ0) is 20.1. The molecule has 2 aliphatic rings. The minimum Gasteiger partial charge on any atom is -0.338 e. The van der Waals surface area contributed by atoms with Gasteiger partial charge < -0.3 is 9.80 Å². The largest absolute Gasteiger partial charge is 0.338 e. The van der Waals surface area contributed by atoms with Crippen LogP contribution in [0.3, 0.4) is 0 Å². The monoisotopic (exact) mass is 386 g/mol. The molecule has 0 saturated carbocycles. The summed E-state index contributed by atoms with van der Waals surface area (Å²) in [4.78, 5) is 54.6. The first kappa shape index (κ1) is 20.0. The van der Waals surface area contributed by atoms with Crippen LogP contribution in [-0.2, 0) is 25.7 Å². The number of hydrogen-bond donors (Lipinski definition) is 0. The SMILES string of the molecule is CN(CC(=O)N1CCN(C(=O)CN2C(=O)CCC2=O)CC1)Cc1ccccc1. The van der Waals surface area contributed by atoms with Gasteiger partial charge in [-0.3, -0.25) is 29.0 Å². The maximum absolute atomic E-state index is 12.5. The molecule has 150 valence electrons. The molecule has 2 saturated heterocycles. The van der Waals surface area contributed by atoms with E-state index in [9.17, 15) is 19.2 Å². The lowest BCUT2D eigenvalue weighted by molar-refractivity contribution is -0.147. The molecule has 2 fully saturated rings. The van der Waals surface area contributed by atoms with Crippen LogP contribution < -0.4 is 0 Å². The molecule has 8 nitrogen and oxygen atoms in total. The lowest BCUT2D eigenvalue weighted by atomic mass is 10.2. The van der Waals surface area contributed by atoms with Crippen molar-refractivity contribution >= 4 is 23.6 Å². The molecule has 2 heterocycles. The fourth-order valence-electron chi connectivity index (χ4n) is 3.52. The van der Waals surface area contributed by atoms with Gasteiger partial charge >= 0.3 is 0 Å². The molecule has 1 aromatic rings. The fraction of sp³-hybridized carbons (Fsp3) is 0.500. The third kappa shape index (κ3) is 4.95. The quantitative estimate of drug-likeness (QED) is 0.640. The molecule has 0 bridgehead atoms. The average Bonchev–Trinajstić information content (AvgIpc) is 3.00. The number of amides is 4. The molecule has 0 spiro atoms. The second kappa shape index (κ2) is 8.97. The van der Waals surface area contributed by atoms with Crippen LogP contribution in [0.4, 0.5) is 0 Å². The van der Waals surface area contributed by atoms with E-state index in [4.69, 9.17) is 0 Å². The van der Waals surface area contributed by atoms with E-state index in [1.54, 1.807) is 9.80 Å². The first-order valence-electron chi connectivity index (χ1n) is 9.55. The molecule has 0 N–H and O–H groups in total. The van der Waals surface area contributed by atoms with E-state index >= 15 is 0 Å². The lowest BCUT2D eigenvalue weighted by Crippen LogP contribution is -2.54. The number of carbonyl (C=O) groups excluding carboxylic acids is 4. The van der Waals surface area contributed by atoms with Gasteiger partial charge in [0.25, 0.3) is 0 Å². The van der Waals surface area contributed by atoms with Crippen molar-refractivity contribution < 1.29 is 19.2 Å². The zero-order valence-electron chi connectivity index (χ0n) is 16.2. The van der Waals surface area contributed by atoms with Crippen LogP contribution in [-0.4, -0.2) is 89.5 Å². The van der Waals surface area contributed by atoms with Crippen molar-refractivity contribution in [1.29, 1.82) is 0 Å². The Labute approximate surface area is 164 Å². The summed E-state index contributed by atoms with van der Waals surface area (Å²) in [6.45, 7) is 2.59. The van der Waals surface area contributed by atoms with E-state index in [0.29, 0.717) is 39.3 Å². The van der Waals surface area contributed by atoms with Crippen molar-refractivity contribution in [2.75, 3.05) is 46.3 Å². The van der Waals surface area contributed by atoms with Crippen LogP contribution in [0.25, 0.3) is 0 Å². The number of piperazine rings is 1. The van der Waals surface area contributed by atoms with E-state index in [1.165, 1.54) is 0 Å². The smallest absolute Gasteiger partial charge is 0.242 e. The van der Waals surface area contributed by atoms with E-state index in [2.05, 4.69) is 0 Å². The van der Waals surface area contributed by atoms with Gasteiger partial charge in [-0.2, -0.15) is 0 Å². The summed E-state index contributed by atoms with van der Waals surface area (Å²) < 4.78 is 0. The van der Waals surface area contributed by atoms with Gasteiger partial charge in [0.05, 0.1) is 6.54 Å². The van der Waals surface area contributed by atoms with E-state index in [1.807, 2.05) is 42.3 Å². The summed E-state index contributed by atoms with van der Waals surface area (Å²) in [6, 6.07) is 9.97. The molecule has 0 aromatic heterocycles. The van der Waals surface area contributed by atoms with Crippen LogP contribution in [0.2, 0.25) is 0 Å². The van der Waals surface area contributed by atoms with Gasteiger partial charge in [0, 0.05) is 45.6 Å². The van der Waals surface area contributed by atoms with Crippen LogP contribution in [0.15, 0.2) is 30.3 Å². The molecular weight excluding hydrogens is 360 g/mol. The highest BCUT2D eigenvalue weighted by Crippen LogP contribution is 2.13. The third-order valence-electron chi connectivity index (χ3n) is 5.13. The Balaban J connectivity index is 1.43. The van der Waals surface area contributed by atoms with Crippen LogP contribution >= 0.6 is 0 Å². The lowest BCUT2D eigenvalue weighted by Gasteiger charge is -2.36. The molecule has 1 aromatic carbocycles. The molecule has 28 heavy (non-hydrogen) atoms. The Bertz CT molecular complexity index is 728. The molecule has 0 atom stereocenters. The van der Waals surface area contributed by atoms with E-state index in [-0.39, 0.29) is 43.0 Å². The van der Waals surface area contributed by atoms with Crippen molar-refractivity contribution in [2.24, 2.45) is 0 Å². The van der Waals surface area contributed by atoms with Gasteiger partial charge in [0.1, 0.15) is 6.54 Å². The van der Waals surface area contributed by atoms with Crippen molar-refractivity contribution in [1.82, 2.24) is 19.6 Å². The summed E-state index contributed by atoms with van der Waals surface area (Å²) in [5, 5.41) is 0. The Kier molecular flexibility index (Phi) is 6.41. The highest BCUT2D eigenvalue weighted by molar-refractivity contribution is 6.04. The summed E-state index contributed by atoms with van der Waals surface area (Å²) in [5.74, 6) is -0.769. The normalized spacial score (nSPS) is 17.6. The maximum Gasteiger partial charge on any atom is 0.242 e. The van der Waals surface area contributed by atoms with Crippen molar-refractivity contribution in [3.63, 3.8) is 0 Å². The predicted molar refractivity (Wildman–Crippen MR) is 102 cm³/mol. The highest BCUT2D eigenvalue weighted by Gasteiger charge is 2.33. The maximum atomic E-state index is 12.5. The first-order chi connectivity index (χ1) is 13.4. The minimum absolute atomic E-state index is 0.0374. The topological polar surface area (TPSA) is 81.2 Å².